The van der Waals surface area contributed by atoms with Gasteiger partial charge in [-0.05, 0) is 35.7 Å². The number of imidazole rings is 1. The van der Waals surface area contributed by atoms with Gasteiger partial charge in [-0.3, -0.25) is 4.79 Å². The van der Waals surface area contributed by atoms with Gasteiger partial charge in [0.15, 0.2) is 5.75 Å². The number of aromatic amines is 1. The Morgan fingerprint density at radius 2 is 1.70 bits per heavy atom. The smallest absolute Gasteiger partial charge is 0.420 e. The molecule has 0 aliphatic rings. The van der Waals surface area contributed by atoms with Crippen molar-refractivity contribution in [3.05, 3.63) is 94.9 Å². The SMILES string of the molecule is C[C@](N)(CC(=O)O)c1ncc(-c2cc(Cl)c(OCc3ccc(-c4ccccc4)cc3)c(C(F)(F)F)c2)[nH]1. The van der Waals surface area contributed by atoms with Crippen LogP contribution in [-0.2, 0) is 23.1 Å². The second-order valence-electron chi connectivity index (χ2n) is 8.82. The van der Waals surface area contributed by atoms with Crippen molar-refractivity contribution in [3.63, 3.8) is 0 Å². The van der Waals surface area contributed by atoms with Gasteiger partial charge >= 0.3 is 12.1 Å². The van der Waals surface area contributed by atoms with Crippen LogP contribution in [0.1, 0.15) is 30.3 Å². The minimum atomic E-state index is -4.75. The summed E-state index contributed by atoms with van der Waals surface area (Å²) in [6.45, 7) is 1.34. The normalized spacial score (nSPS) is 13.2. The molecule has 0 spiro atoms. The lowest BCUT2D eigenvalue weighted by molar-refractivity contribution is -0.139. The van der Waals surface area contributed by atoms with Gasteiger partial charge in [0.2, 0.25) is 0 Å². The number of hydrogen-bond acceptors (Lipinski definition) is 4. The molecule has 4 aromatic rings. The summed E-state index contributed by atoms with van der Waals surface area (Å²) in [5.41, 5.74) is 6.59. The monoisotopic (exact) mass is 529 g/mol. The van der Waals surface area contributed by atoms with E-state index in [0.717, 1.165) is 17.2 Å². The predicted octanol–water partition coefficient (Wildman–Crippen LogP) is 6.64. The van der Waals surface area contributed by atoms with Crippen molar-refractivity contribution in [1.29, 1.82) is 0 Å². The number of nitrogens with two attached hydrogens (primary N) is 1. The van der Waals surface area contributed by atoms with Crippen molar-refractivity contribution in [3.8, 4) is 28.1 Å². The van der Waals surface area contributed by atoms with E-state index < -0.39 is 35.4 Å². The largest absolute Gasteiger partial charge is 0.487 e. The molecule has 1 atom stereocenters. The quantitative estimate of drug-likeness (QED) is 0.237. The fourth-order valence-corrected chi connectivity index (χ4v) is 4.12. The molecule has 0 saturated carbocycles. The van der Waals surface area contributed by atoms with E-state index in [9.17, 15) is 18.0 Å². The third-order valence-electron chi connectivity index (χ3n) is 5.74. The first-order valence-corrected chi connectivity index (χ1v) is 11.6. The number of aliphatic carboxylic acids is 1. The number of hydrogen-bond donors (Lipinski definition) is 3. The average Bonchev–Trinajstić information content (AvgIpc) is 3.34. The highest BCUT2D eigenvalue weighted by atomic mass is 35.5. The molecule has 4 N–H and O–H groups in total. The highest BCUT2D eigenvalue weighted by Crippen LogP contribution is 2.43. The molecule has 3 aromatic carbocycles. The lowest BCUT2D eigenvalue weighted by atomic mass is 9.99. The Bertz CT molecular complexity index is 1400. The fraction of sp³-hybridized carbons (Fsp3) is 0.185. The molecule has 0 fully saturated rings. The molecule has 4 rings (SSSR count). The summed E-state index contributed by atoms with van der Waals surface area (Å²) < 4.78 is 47.5. The first kappa shape index (κ1) is 26.2. The first-order valence-electron chi connectivity index (χ1n) is 11.2. The minimum absolute atomic E-state index is 0.0989. The van der Waals surface area contributed by atoms with Crippen LogP contribution in [0.3, 0.4) is 0 Å². The molecule has 0 amide bonds. The predicted molar refractivity (Wildman–Crippen MR) is 134 cm³/mol. The Balaban J connectivity index is 1.59. The van der Waals surface area contributed by atoms with E-state index in [1.54, 1.807) is 12.1 Å². The number of halogens is 4. The van der Waals surface area contributed by atoms with E-state index in [0.29, 0.717) is 5.56 Å². The second-order valence-corrected chi connectivity index (χ2v) is 9.22. The molecule has 0 aliphatic carbocycles. The first-order chi connectivity index (χ1) is 17.4. The van der Waals surface area contributed by atoms with Gasteiger partial charge in [0.1, 0.15) is 12.4 Å². The van der Waals surface area contributed by atoms with Crippen LogP contribution in [0.15, 0.2) is 72.9 Å². The van der Waals surface area contributed by atoms with Crippen LogP contribution in [0.25, 0.3) is 22.4 Å². The molecule has 1 aromatic heterocycles. The van der Waals surface area contributed by atoms with E-state index in [4.69, 9.17) is 27.2 Å². The molecule has 6 nitrogen and oxygen atoms in total. The maximum absolute atomic E-state index is 14.0. The fourth-order valence-electron chi connectivity index (χ4n) is 3.84. The average molecular weight is 530 g/mol. The topological polar surface area (TPSA) is 101 Å². The van der Waals surface area contributed by atoms with E-state index in [2.05, 4.69) is 9.97 Å². The number of carboxylic acid groups (broad SMARTS) is 1. The maximum Gasteiger partial charge on any atom is 0.420 e. The number of nitrogens with zero attached hydrogens (tertiary/aromatic N) is 1. The Hall–Kier alpha value is -3.82. The van der Waals surface area contributed by atoms with Crippen LogP contribution >= 0.6 is 11.6 Å². The Kier molecular flexibility index (Phi) is 7.29. The van der Waals surface area contributed by atoms with Crippen molar-refractivity contribution in [2.75, 3.05) is 0 Å². The number of alkyl halides is 3. The van der Waals surface area contributed by atoms with Gasteiger partial charge in [0, 0.05) is 5.56 Å². The highest BCUT2D eigenvalue weighted by molar-refractivity contribution is 6.32. The van der Waals surface area contributed by atoms with Gasteiger partial charge in [0.05, 0.1) is 34.4 Å². The molecule has 0 saturated heterocycles. The number of benzene rings is 3. The zero-order chi connectivity index (χ0) is 26.8. The van der Waals surface area contributed by atoms with Gasteiger partial charge in [-0.15, -0.1) is 0 Å². The van der Waals surface area contributed by atoms with Crippen molar-refractivity contribution >= 4 is 17.6 Å². The third-order valence-corrected chi connectivity index (χ3v) is 6.02. The van der Waals surface area contributed by atoms with Crippen molar-refractivity contribution in [2.24, 2.45) is 5.73 Å². The molecular formula is C27H23ClF3N3O3. The van der Waals surface area contributed by atoms with Crippen LogP contribution in [0, 0.1) is 0 Å². The summed E-state index contributed by atoms with van der Waals surface area (Å²) in [7, 11) is 0. The number of H-pyrrole nitrogens is 1. The van der Waals surface area contributed by atoms with E-state index in [-0.39, 0.29) is 28.7 Å². The molecule has 0 aliphatic heterocycles. The van der Waals surface area contributed by atoms with Gasteiger partial charge < -0.3 is 20.6 Å². The highest BCUT2D eigenvalue weighted by Gasteiger charge is 2.36. The van der Waals surface area contributed by atoms with Crippen LogP contribution in [0.5, 0.6) is 5.75 Å². The van der Waals surface area contributed by atoms with Crippen molar-refractivity contribution < 1.29 is 27.8 Å². The number of nitrogens with one attached hydrogen (secondary N) is 1. The van der Waals surface area contributed by atoms with Gasteiger partial charge in [-0.1, -0.05) is 66.2 Å². The molecule has 37 heavy (non-hydrogen) atoms. The van der Waals surface area contributed by atoms with Crippen LogP contribution in [0.2, 0.25) is 5.02 Å². The summed E-state index contributed by atoms with van der Waals surface area (Å²) in [4.78, 5) is 17.9. The molecule has 192 valence electrons. The lowest BCUT2D eigenvalue weighted by Gasteiger charge is -2.19. The van der Waals surface area contributed by atoms with E-state index in [1.807, 2.05) is 42.5 Å². The van der Waals surface area contributed by atoms with Crippen molar-refractivity contribution in [1.82, 2.24) is 9.97 Å². The Morgan fingerprint density at radius 1 is 1.05 bits per heavy atom. The number of carboxylic acids is 1. The summed E-state index contributed by atoms with van der Waals surface area (Å²) in [6.07, 6.45) is -3.89. The summed E-state index contributed by atoms with van der Waals surface area (Å²) in [6, 6.07) is 19.2. The minimum Gasteiger partial charge on any atom is -0.487 e. The number of rotatable bonds is 8. The standard InChI is InChI=1S/C27H23ClF3N3O3/c1-26(32,13-23(35)36)25-33-14-22(34-25)19-11-20(27(29,30)31)24(21(28)12-19)37-15-16-7-9-18(10-8-16)17-5-3-2-4-6-17/h2-12,14H,13,15,32H2,1H3,(H,33,34)(H,35,36)/t26-/m0/s1. The van der Waals surface area contributed by atoms with Gasteiger partial charge in [-0.2, -0.15) is 13.2 Å². The van der Waals surface area contributed by atoms with E-state index >= 15 is 0 Å². The van der Waals surface area contributed by atoms with Crippen molar-refractivity contribution in [2.45, 2.75) is 31.7 Å². The zero-order valence-corrected chi connectivity index (χ0v) is 20.4. The summed E-state index contributed by atoms with van der Waals surface area (Å²) >= 11 is 6.27. The van der Waals surface area contributed by atoms with Crippen LogP contribution in [0.4, 0.5) is 13.2 Å². The molecule has 0 bridgehead atoms. The number of aromatic nitrogens is 2. The molecule has 10 heteroatoms. The molecule has 1 heterocycles. The van der Waals surface area contributed by atoms with Gasteiger partial charge in [-0.25, -0.2) is 4.98 Å². The molecule has 0 unspecified atom stereocenters. The Labute approximate surface area is 215 Å². The van der Waals surface area contributed by atoms with Crippen LogP contribution in [-0.4, -0.2) is 21.0 Å². The molecule has 0 radical (unpaired) electrons. The maximum atomic E-state index is 14.0. The second kappa shape index (κ2) is 10.3. The van der Waals surface area contributed by atoms with E-state index in [1.165, 1.54) is 19.2 Å². The zero-order valence-electron chi connectivity index (χ0n) is 19.6. The molecular weight excluding hydrogens is 507 g/mol. The number of ether oxygens (including phenoxy) is 1. The lowest BCUT2D eigenvalue weighted by Crippen LogP contribution is -2.36. The number of carbonyl (C=O) groups is 1. The summed E-state index contributed by atoms with van der Waals surface area (Å²) in [5.74, 6) is -1.50. The van der Waals surface area contributed by atoms with Crippen LogP contribution < -0.4 is 10.5 Å². The Morgan fingerprint density at radius 3 is 2.32 bits per heavy atom. The van der Waals surface area contributed by atoms with Gasteiger partial charge in [0.25, 0.3) is 0 Å². The third kappa shape index (κ3) is 6.12. The summed E-state index contributed by atoms with van der Waals surface area (Å²) in [5, 5.41) is 8.81.